The summed E-state index contributed by atoms with van der Waals surface area (Å²) in [5, 5.41) is 0. The van der Waals surface area contributed by atoms with Crippen molar-refractivity contribution in [1.29, 1.82) is 0 Å². The SMILES string of the molecule is CCC(C)c1cccnc1C. The number of rotatable bonds is 2. The molecule has 1 atom stereocenters. The van der Waals surface area contributed by atoms with Crippen LogP contribution in [0.2, 0.25) is 0 Å². The number of aromatic nitrogens is 1. The average Bonchev–Trinajstić information content (AvgIpc) is 2.04. The van der Waals surface area contributed by atoms with Crippen LogP contribution in [0, 0.1) is 6.92 Å². The summed E-state index contributed by atoms with van der Waals surface area (Å²) in [6.45, 7) is 6.52. The van der Waals surface area contributed by atoms with Crippen LogP contribution < -0.4 is 0 Å². The number of aryl methyl sites for hydroxylation is 1. The molecular formula is C10H15N. The molecule has 0 amide bonds. The highest BCUT2D eigenvalue weighted by Gasteiger charge is 2.04. The van der Waals surface area contributed by atoms with Crippen LogP contribution in [0.1, 0.15) is 37.4 Å². The Bertz CT molecular complexity index is 230. The molecule has 0 radical (unpaired) electrons. The lowest BCUT2D eigenvalue weighted by molar-refractivity contribution is 0.722. The highest BCUT2D eigenvalue weighted by atomic mass is 14.7. The van der Waals surface area contributed by atoms with Crippen LogP contribution in [-0.2, 0) is 0 Å². The highest BCUT2D eigenvalue weighted by molar-refractivity contribution is 5.21. The van der Waals surface area contributed by atoms with E-state index in [1.807, 2.05) is 12.3 Å². The van der Waals surface area contributed by atoms with Gasteiger partial charge in [0.15, 0.2) is 0 Å². The molecular weight excluding hydrogens is 134 g/mol. The van der Waals surface area contributed by atoms with Crippen LogP contribution >= 0.6 is 0 Å². The Kier molecular flexibility index (Phi) is 2.64. The molecule has 0 bridgehead atoms. The lowest BCUT2D eigenvalue weighted by Crippen LogP contribution is -1.96. The smallest absolute Gasteiger partial charge is 0.0407 e. The van der Waals surface area contributed by atoms with E-state index in [0.717, 1.165) is 0 Å². The van der Waals surface area contributed by atoms with E-state index in [0.29, 0.717) is 5.92 Å². The van der Waals surface area contributed by atoms with Gasteiger partial charge < -0.3 is 0 Å². The summed E-state index contributed by atoms with van der Waals surface area (Å²) in [5.74, 6) is 0.642. The maximum absolute atomic E-state index is 4.25. The quantitative estimate of drug-likeness (QED) is 0.630. The molecule has 0 saturated heterocycles. The minimum atomic E-state index is 0.642. The zero-order chi connectivity index (χ0) is 8.27. The van der Waals surface area contributed by atoms with Crippen LogP contribution in [0.4, 0.5) is 0 Å². The van der Waals surface area contributed by atoms with E-state index < -0.39 is 0 Å². The van der Waals surface area contributed by atoms with Gasteiger partial charge in [0.05, 0.1) is 0 Å². The molecule has 0 aromatic carbocycles. The maximum atomic E-state index is 4.25. The van der Waals surface area contributed by atoms with Crippen molar-refractivity contribution in [3.8, 4) is 0 Å². The molecule has 60 valence electrons. The third-order valence-electron chi connectivity index (χ3n) is 2.19. The van der Waals surface area contributed by atoms with E-state index >= 15 is 0 Å². The normalized spacial score (nSPS) is 13.0. The summed E-state index contributed by atoms with van der Waals surface area (Å²) in [6, 6.07) is 4.17. The Morgan fingerprint density at radius 2 is 2.27 bits per heavy atom. The molecule has 1 aromatic rings. The predicted octanol–water partition coefficient (Wildman–Crippen LogP) is 2.90. The summed E-state index contributed by atoms with van der Waals surface area (Å²) in [7, 11) is 0. The third kappa shape index (κ3) is 1.79. The second-order valence-electron chi connectivity index (χ2n) is 2.99. The summed E-state index contributed by atoms with van der Waals surface area (Å²) in [5.41, 5.74) is 2.55. The Morgan fingerprint density at radius 3 is 2.82 bits per heavy atom. The van der Waals surface area contributed by atoms with Gasteiger partial charge >= 0.3 is 0 Å². The fourth-order valence-electron chi connectivity index (χ4n) is 1.24. The molecule has 1 heterocycles. The molecule has 0 aliphatic carbocycles. The summed E-state index contributed by atoms with van der Waals surface area (Å²) < 4.78 is 0. The molecule has 0 N–H and O–H groups in total. The van der Waals surface area contributed by atoms with Crippen molar-refractivity contribution in [2.24, 2.45) is 0 Å². The van der Waals surface area contributed by atoms with Crippen LogP contribution in [0.25, 0.3) is 0 Å². The largest absolute Gasteiger partial charge is 0.261 e. The van der Waals surface area contributed by atoms with Crippen molar-refractivity contribution in [1.82, 2.24) is 4.98 Å². The Morgan fingerprint density at radius 1 is 1.55 bits per heavy atom. The van der Waals surface area contributed by atoms with Crippen molar-refractivity contribution in [3.63, 3.8) is 0 Å². The van der Waals surface area contributed by atoms with Gasteiger partial charge in [0, 0.05) is 11.9 Å². The topological polar surface area (TPSA) is 12.9 Å². The van der Waals surface area contributed by atoms with Gasteiger partial charge in [-0.25, -0.2) is 0 Å². The number of hydrogen-bond donors (Lipinski definition) is 0. The van der Waals surface area contributed by atoms with Gasteiger partial charge in [-0.15, -0.1) is 0 Å². The van der Waals surface area contributed by atoms with E-state index in [2.05, 4.69) is 31.8 Å². The molecule has 0 spiro atoms. The van der Waals surface area contributed by atoms with Gasteiger partial charge in [0.25, 0.3) is 0 Å². The lowest BCUT2D eigenvalue weighted by Gasteiger charge is -2.10. The van der Waals surface area contributed by atoms with Crippen LogP contribution in [-0.4, -0.2) is 4.98 Å². The van der Waals surface area contributed by atoms with Crippen LogP contribution in [0.3, 0.4) is 0 Å². The predicted molar refractivity (Wildman–Crippen MR) is 47.7 cm³/mol. The van der Waals surface area contributed by atoms with Crippen molar-refractivity contribution in [3.05, 3.63) is 29.6 Å². The van der Waals surface area contributed by atoms with Gasteiger partial charge in [0.2, 0.25) is 0 Å². The maximum Gasteiger partial charge on any atom is 0.0407 e. The standard InChI is InChI=1S/C10H15N/c1-4-8(2)10-6-5-7-11-9(10)3/h5-8H,4H2,1-3H3. The molecule has 1 aromatic heterocycles. The van der Waals surface area contributed by atoms with Gasteiger partial charge in [-0.05, 0) is 30.9 Å². The van der Waals surface area contributed by atoms with Crippen molar-refractivity contribution in [2.45, 2.75) is 33.1 Å². The van der Waals surface area contributed by atoms with E-state index in [1.54, 1.807) is 0 Å². The first-order valence-corrected chi connectivity index (χ1v) is 4.17. The molecule has 0 aliphatic rings. The molecule has 1 nitrogen and oxygen atoms in total. The summed E-state index contributed by atoms with van der Waals surface area (Å²) in [6.07, 6.45) is 3.04. The Hall–Kier alpha value is -0.850. The van der Waals surface area contributed by atoms with Crippen molar-refractivity contribution >= 4 is 0 Å². The van der Waals surface area contributed by atoms with Crippen molar-refractivity contribution in [2.75, 3.05) is 0 Å². The summed E-state index contributed by atoms with van der Waals surface area (Å²) >= 11 is 0. The first-order valence-electron chi connectivity index (χ1n) is 4.17. The van der Waals surface area contributed by atoms with Crippen LogP contribution in [0.15, 0.2) is 18.3 Å². The van der Waals surface area contributed by atoms with Gasteiger partial charge in [-0.1, -0.05) is 19.9 Å². The monoisotopic (exact) mass is 149 g/mol. The van der Waals surface area contributed by atoms with Crippen LogP contribution in [0.5, 0.6) is 0 Å². The van der Waals surface area contributed by atoms with E-state index in [1.165, 1.54) is 17.7 Å². The third-order valence-corrected chi connectivity index (χ3v) is 2.19. The molecule has 0 saturated carbocycles. The fraction of sp³-hybridized carbons (Fsp3) is 0.500. The highest BCUT2D eigenvalue weighted by Crippen LogP contribution is 2.19. The van der Waals surface area contributed by atoms with Gasteiger partial charge in [-0.2, -0.15) is 0 Å². The summed E-state index contributed by atoms with van der Waals surface area (Å²) in [4.78, 5) is 4.25. The zero-order valence-corrected chi connectivity index (χ0v) is 7.46. The van der Waals surface area contributed by atoms with E-state index in [9.17, 15) is 0 Å². The van der Waals surface area contributed by atoms with Crippen molar-refractivity contribution < 1.29 is 0 Å². The molecule has 1 unspecified atom stereocenters. The number of nitrogens with zero attached hydrogens (tertiary/aromatic N) is 1. The minimum Gasteiger partial charge on any atom is -0.261 e. The molecule has 1 rings (SSSR count). The Balaban J connectivity index is 2.93. The average molecular weight is 149 g/mol. The fourth-order valence-corrected chi connectivity index (χ4v) is 1.24. The first kappa shape index (κ1) is 8.25. The molecule has 0 aliphatic heterocycles. The Labute approximate surface area is 68.5 Å². The van der Waals surface area contributed by atoms with E-state index in [-0.39, 0.29) is 0 Å². The van der Waals surface area contributed by atoms with Gasteiger partial charge in [0.1, 0.15) is 0 Å². The molecule has 0 fully saturated rings. The second kappa shape index (κ2) is 3.51. The minimum absolute atomic E-state index is 0.642. The number of hydrogen-bond acceptors (Lipinski definition) is 1. The van der Waals surface area contributed by atoms with E-state index in [4.69, 9.17) is 0 Å². The molecule has 11 heavy (non-hydrogen) atoms. The van der Waals surface area contributed by atoms with Gasteiger partial charge in [-0.3, -0.25) is 4.98 Å². The molecule has 1 heteroatoms. The number of pyridine rings is 1. The second-order valence-corrected chi connectivity index (χ2v) is 2.99. The lowest BCUT2D eigenvalue weighted by atomic mass is 9.98. The zero-order valence-electron chi connectivity index (χ0n) is 7.46. The first-order chi connectivity index (χ1) is 5.25.